The fourth-order valence-corrected chi connectivity index (χ4v) is 3.97. The molecule has 1 amide bonds. The van der Waals surface area contributed by atoms with E-state index in [1.807, 2.05) is 19.9 Å². The number of carbonyl (C=O) groups is 2. The summed E-state index contributed by atoms with van der Waals surface area (Å²) in [5.74, 6) is -1.98. The summed E-state index contributed by atoms with van der Waals surface area (Å²) in [5, 5.41) is 11.3. The molecule has 2 unspecified atom stereocenters. The van der Waals surface area contributed by atoms with E-state index >= 15 is 0 Å². The minimum atomic E-state index is -4.80. The maximum atomic E-state index is 12.7. The Labute approximate surface area is 224 Å². The maximum Gasteiger partial charge on any atom is 0.573 e. The predicted molar refractivity (Wildman–Crippen MR) is 138 cm³/mol. The van der Waals surface area contributed by atoms with E-state index in [2.05, 4.69) is 20.5 Å². The van der Waals surface area contributed by atoms with Crippen molar-refractivity contribution in [1.29, 1.82) is 0 Å². The molecule has 0 spiro atoms. The molecule has 0 aliphatic rings. The second-order valence-corrected chi connectivity index (χ2v) is 8.86. The maximum absolute atomic E-state index is 12.7. The fraction of sp³-hybridized carbons (Fsp3) is 0.321. The molecule has 8 nitrogen and oxygen atoms in total. The van der Waals surface area contributed by atoms with Gasteiger partial charge < -0.3 is 15.2 Å². The van der Waals surface area contributed by atoms with E-state index in [-0.39, 0.29) is 24.6 Å². The number of rotatable bonds is 13. The van der Waals surface area contributed by atoms with Gasteiger partial charge in [0, 0.05) is 23.7 Å². The quantitative estimate of drug-likeness (QED) is 0.221. The number of pyridine rings is 1. The molecule has 11 heteroatoms. The molecule has 1 heterocycles. The first-order valence-electron chi connectivity index (χ1n) is 12.4. The molecule has 2 aromatic carbocycles. The monoisotopic (exact) mass is 545 g/mol. The van der Waals surface area contributed by atoms with Crippen molar-refractivity contribution >= 4 is 17.6 Å². The smallest absolute Gasteiger partial charge is 0.481 e. The van der Waals surface area contributed by atoms with Gasteiger partial charge in [0.25, 0.3) is 5.91 Å². The van der Waals surface area contributed by atoms with Gasteiger partial charge in [0.15, 0.2) is 0 Å². The number of carboxylic acid groups (broad SMARTS) is 1. The topological polar surface area (TPSA) is 110 Å². The van der Waals surface area contributed by atoms with Gasteiger partial charge in [-0.05, 0) is 60.9 Å². The lowest BCUT2D eigenvalue weighted by atomic mass is 9.85. The summed E-state index contributed by atoms with van der Waals surface area (Å²) in [5.41, 5.74) is 6.17. The Hall–Kier alpha value is -4.12. The van der Waals surface area contributed by atoms with Crippen LogP contribution in [0.3, 0.4) is 0 Å². The van der Waals surface area contributed by atoms with Crippen LogP contribution in [0.1, 0.15) is 65.4 Å². The van der Waals surface area contributed by atoms with E-state index in [4.69, 9.17) is 9.94 Å². The van der Waals surface area contributed by atoms with Gasteiger partial charge in [0.05, 0.1) is 18.3 Å². The minimum absolute atomic E-state index is 0.0118. The fourth-order valence-electron chi connectivity index (χ4n) is 3.97. The summed E-state index contributed by atoms with van der Waals surface area (Å²) in [6.45, 7) is 3.87. The zero-order valence-corrected chi connectivity index (χ0v) is 21.5. The van der Waals surface area contributed by atoms with E-state index in [0.717, 1.165) is 17.7 Å². The number of nitrogens with zero attached hydrogens (tertiary/aromatic N) is 1. The molecule has 0 aliphatic carbocycles. The minimum Gasteiger partial charge on any atom is -0.481 e. The van der Waals surface area contributed by atoms with Crippen molar-refractivity contribution in [2.24, 2.45) is 0 Å². The van der Waals surface area contributed by atoms with E-state index in [0.29, 0.717) is 23.2 Å². The third kappa shape index (κ3) is 9.29. The first-order chi connectivity index (χ1) is 18.6. The summed E-state index contributed by atoms with van der Waals surface area (Å²) in [6, 6.07) is 16.0. The van der Waals surface area contributed by atoms with Gasteiger partial charge in [0.2, 0.25) is 0 Å². The number of anilines is 1. The van der Waals surface area contributed by atoms with Crippen molar-refractivity contribution in [3.63, 3.8) is 0 Å². The second kappa shape index (κ2) is 13.6. The Bertz CT molecular complexity index is 1220. The Balaban J connectivity index is 1.87. The number of alkyl halides is 3. The molecule has 2 atom stereocenters. The standard InChI is InChI=1S/C28H30F3N3O5/c1-3-4-24(19-6-8-21(9-7-19)27(37)32-16-15-25(35)36)26(39-34-22-12-5-18(2)33-17-22)20-10-13-23(14-11-20)38-28(29,30)31/h5-14,17,24,26,34H,3-4,15-16H2,1-2H3,(H,32,37)(H,35,36). The van der Waals surface area contributed by atoms with Crippen LogP contribution in [0.4, 0.5) is 18.9 Å². The van der Waals surface area contributed by atoms with Crippen molar-refractivity contribution in [3.8, 4) is 5.75 Å². The van der Waals surface area contributed by atoms with Crippen molar-refractivity contribution < 1.29 is 37.4 Å². The van der Waals surface area contributed by atoms with Crippen LogP contribution < -0.4 is 15.5 Å². The van der Waals surface area contributed by atoms with Gasteiger partial charge in [-0.1, -0.05) is 37.6 Å². The Kier molecular flexibility index (Phi) is 10.3. The van der Waals surface area contributed by atoms with Gasteiger partial charge in [0.1, 0.15) is 11.9 Å². The van der Waals surface area contributed by atoms with Crippen LogP contribution in [0, 0.1) is 6.92 Å². The summed E-state index contributed by atoms with van der Waals surface area (Å²) in [6.07, 6.45) is -2.55. The summed E-state index contributed by atoms with van der Waals surface area (Å²) in [4.78, 5) is 33.4. The highest BCUT2D eigenvalue weighted by Crippen LogP contribution is 2.38. The second-order valence-electron chi connectivity index (χ2n) is 8.86. The Morgan fingerprint density at radius 1 is 1.00 bits per heavy atom. The normalized spacial score (nSPS) is 12.8. The number of carboxylic acids is 1. The SMILES string of the molecule is CCCC(c1ccc(C(=O)NCCC(=O)O)cc1)C(ONc1ccc(C)nc1)c1ccc(OC(F)(F)F)cc1. The Morgan fingerprint density at radius 2 is 1.67 bits per heavy atom. The number of halogens is 3. The number of amides is 1. The number of carbonyl (C=O) groups excluding carboxylic acids is 1. The van der Waals surface area contributed by atoms with Gasteiger partial charge >= 0.3 is 12.3 Å². The van der Waals surface area contributed by atoms with Crippen molar-refractivity contribution in [3.05, 3.63) is 89.2 Å². The van der Waals surface area contributed by atoms with E-state index < -0.39 is 24.3 Å². The lowest BCUT2D eigenvalue weighted by Gasteiger charge is -2.28. The van der Waals surface area contributed by atoms with Crippen LogP contribution in [0.2, 0.25) is 0 Å². The number of hydrogen-bond acceptors (Lipinski definition) is 6. The largest absolute Gasteiger partial charge is 0.573 e. The summed E-state index contributed by atoms with van der Waals surface area (Å²) in [7, 11) is 0. The van der Waals surface area contributed by atoms with Crippen molar-refractivity contribution in [2.75, 3.05) is 12.0 Å². The molecule has 3 rings (SSSR count). The molecule has 0 radical (unpaired) electrons. The molecular formula is C28H30F3N3O5. The van der Waals surface area contributed by atoms with Crippen LogP contribution in [-0.4, -0.2) is 34.9 Å². The number of benzene rings is 2. The van der Waals surface area contributed by atoms with Gasteiger partial charge in [-0.2, -0.15) is 0 Å². The third-order valence-electron chi connectivity index (χ3n) is 5.85. The number of aromatic nitrogens is 1. The lowest BCUT2D eigenvalue weighted by molar-refractivity contribution is -0.274. The molecule has 0 bridgehead atoms. The molecule has 0 saturated carbocycles. The first-order valence-corrected chi connectivity index (χ1v) is 12.4. The van der Waals surface area contributed by atoms with Crippen molar-refractivity contribution in [2.45, 2.75) is 51.5 Å². The van der Waals surface area contributed by atoms with Gasteiger partial charge in [-0.25, -0.2) is 0 Å². The van der Waals surface area contributed by atoms with Crippen LogP contribution in [0.25, 0.3) is 0 Å². The van der Waals surface area contributed by atoms with Crippen LogP contribution in [-0.2, 0) is 9.63 Å². The van der Waals surface area contributed by atoms with Crippen molar-refractivity contribution in [1.82, 2.24) is 10.3 Å². The number of aryl methyl sites for hydroxylation is 1. The van der Waals surface area contributed by atoms with Gasteiger partial charge in [-0.3, -0.25) is 24.9 Å². The predicted octanol–water partition coefficient (Wildman–Crippen LogP) is 6.16. The molecule has 3 N–H and O–H groups in total. The number of ether oxygens (including phenoxy) is 1. The molecule has 39 heavy (non-hydrogen) atoms. The molecule has 0 aliphatic heterocycles. The van der Waals surface area contributed by atoms with Crippen LogP contribution in [0.5, 0.6) is 5.75 Å². The van der Waals surface area contributed by atoms with Crippen LogP contribution in [0.15, 0.2) is 66.9 Å². The highest BCUT2D eigenvalue weighted by molar-refractivity contribution is 5.94. The van der Waals surface area contributed by atoms with Crippen LogP contribution >= 0.6 is 0 Å². The number of nitrogens with one attached hydrogen (secondary N) is 2. The number of hydrogen-bond donors (Lipinski definition) is 3. The summed E-state index contributed by atoms with van der Waals surface area (Å²) >= 11 is 0. The average molecular weight is 546 g/mol. The highest BCUT2D eigenvalue weighted by atomic mass is 19.4. The first kappa shape index (κ1) is 29.4. The van der Waals surface area contributed by atoms with Gasteiger partial charge in [-0.15, -0.1) is 13.2 Å². The molecule has 208 valence electrons. The third-order valence-corrected chi connectivity index (χ3v) is 5.85. The summed E-state index contributed by atoms with van der Waals surface area (Å²) < 4.78 is 42.0. The van der Waals surface area contributed by atoms with E-state index in [1.165, 1.54) is 24.3 Å². The average Bonchev–Trinajstić information content (AvgIpc) is 2.89. The molecule has 0 fully saturated rings. The van der Waals surface area contributed by atoms with E-state index in [9.17, 15) is 22.8 Å². The lowest BCUT2D eigenvalue weighted by Crippen LogP contribution is -2.26. The molecule has 3 aromatic rings. The Morgan fingerprint density at radius 3 is 2.23 bits per heavy atom. The highest BCUT2D eigenvalue weighted by Gasteiger charge is 2.31. The zero-order chi connectivity index (χ0) is 28.4. The zero-order valence-electron chi connectivity index (χ0n) is 21.5. The van der Waals surface area contributed by atoms with E-state index in [1.54, 1.807) is 36.5 Å². The molecule has 1 aromatic heterocycles. The molecular weight excluding hydrogens is 515 g/mol. The number of aliphatic carboxylic acids is 1. The molecule has 0 saturated heterocycles.